The molecule has 2 aromatic rings. The van der Waals surface area contributed by atoms with Gasteiger partial charge in [-0.05, 0) is 86.1 Å². The summed E-state index contributed by atoms with van der Waals surface area (Å²) >= 11 is 1.47. The van der Waals surface area contributed by atoms with Crippen molar-refractivity contribution in [2.24, 2.45) is 0 Å². The first-order valence-corrected chi connectivity index (χ1v) is 14.2. The van der Waals surface area contributed by atoms with E-state index in [1.54, 1.807) is 18.2 Å². The lowest BCUT2D eigenvalue weighted by Crippen LogP contribution is -2.30. The molecule has 1 fully saturated rings. The molecule has 5 nitrogen and oxygen atoms in total. The highest BCUT2D eigenvalue weighted by Crippen LogP contribution is 2.29. The van der Waals surface area contributed by atoms with E-state index >= 15 is 0 Å². The highest BCUT2D eigenvalue weighted by Gasteiger charge is 2.26. The molecule has 1 atom stereocenters. The van der Waals surface area contributed by atoms with E-state index in [9.17, 15) is 13.2 Å². The van der Waals surface area contributed by atoms with Gasteiger partial charge in [-0.3, -0.25) is 4.79 Å². The number of rotatable bonds is 7. The minimum absolute atomic E-state index is 0.0781. The van der Waals surface area contributed by atoms with Crippen LogP contribution in [0, 0.1) is 0 Å². The molecule has 1 aliphatic heterocycles. The Morgan fingerprint density at radius 2 is 1.75 bits per heavy atom. The third kappa shape index (κ3) is 4.90. The van der Waals surface area contributed by atoms with E-state index in [0.29, 0.717) is 12.0 Å². The van der Waals surface area contributed by atoms with Crippen LogP contribution in [-0.2, 0) is 22.9 Å². The third-order valence-electron chi connectivity index (χ3n) is 6.59. The van der Waals surface area contributed by atoms with E-state index in [2.05, 4.69) is 22.9 Å². The maximum atomic E-state index is 13.3. The number of carbonyl (C=O) groups is 1. The van der Waals surface area contributed by atoms with Crippen molar-refractivity contribution in [3.63, 3.8) is 0 Å². The Bertz CT molecular complexity index is 1090. The van der Waals surface area contributed by atoms with Crippen LogP contribution in [0.15, 0.2) is 46.2 Å². The molecule has 1 saturated heterocycles. The van der Waals surface area contributed by atoms with Crippen LogP contribution in [0.3, 0.4) is 0 Å². The Labute approximate surface area is 196 Å². The predicted molar refractivity (Wildman–Crippen MR) is 130 cm³/mol. The van der Waals surface area contributed by atoms with E-state index in [0.717, 1.165) is 49.2 Å². The summed E-state index contributed by atoms with van der Waals surface area (Å²) in [6, 6.07) is 11.0. The van der Waals surface area contributed by atoms with Crippen molar-refractivity contribution in [1.82, 2.24) is 9.62 Å². The van der Waals surface area contributed by atoms with Gasteiger partial charge in [0.25, 0.3) is 5.91 Å². The van der Waals surface area contributed by atoms with Gasteiger partial charge < -0.3 is 4.90 Å². The fourth-order valence-electron chi connectivity index (χ4n) is 4.72. The summed E-state index contributed by atoms with van der Waals surface area (Å²) in [7, 11) is -3.78. The van der Waals surface area contributed by atoms with E-state index in [-0.39, 0.29) is 16.8 Å². The Hall–Kier alpha value is -1.83. The van der Waals surface area contributed by atoms with E-state index in [4.69, 9.17) is 0 Å². The van der Waals surface area contributed by atoms with Crippen LogP contribution in [0.2, 0.25) is 0 Å². The fourth-order valence-corrected chi connectivity index (χ4v) is 6.63. The lowest BCUT2D eigenvalue weighted by atomic mass is 9.89. The molecule has 1 aliphatic carbocycles. The first-order chi connectivity index (χ1) is 15.4. The van der Waals surface area contributed by atoms with Gasteiger partial charge in [0.15, 0.2) is 0 Å². The molecule has 172 valence electrons. The largest absolute Gasteiger partial charge is 0.339 e. The number of carbonyl (C=O) groups excluding carboxylic acids is 1. The summed E-state index contributed by atoms with van der Waals surface area (Å²) in [5, 5.41) is 0. The number of hydrogen-bond donors (Lipinski definition) is 1. The van der Waals surface area contributed by atoms with Crippen LogP contribution in [-0.4, -0.2) is 38.6 Å². The molecule has 1 heterocycles. The number of nitrogens with zero attached hydrogens (tertiary/aromatic N) is 1. The van der Waals surface area contributed by atoms with Gasteiger partial charge in [-0.15, -0.1) is 11.8 Å². The predicted octanol–water partition coefficient (Wildman–Crippen LogP) is 4.95. The lowest BCUT2D eigenvalue weighted by Gasteiger charge is -2.22. The van der Waals surface area contributed by atoms with Crippen molar-refractivity contribution in [3.8, 4) is 0 Å². The summed E-state index contributed by atoms with van der Waals surface area (Å²) in [6.45, 7) is 3.46. The number of hydrogen-bond acceptors (Lipinski definition) is 4. The molecule has 0 radical (unpaired) electrons. The molecule has 0 aromatic heterocycles. The molecular formula is C25H32N2O3S2. The van der Waals surface area contributed by atoms with Gasteiger partial charge in [-0.1, -0.05) is 25.1 Å². The van der Waals surface area contributed by atoms with Gasteiger partial charge >= 0.3 is 0 Å². The molecule has 7 heteroatoms. The van der Waals surface area contributed by atoms with Gasteiger partial charge in [-0.2, -0.15) is 0 Å². The van der Waals surface area contributed by atoms with E-state index < -0.39 is 10.0 Å². The second-order valence-electron chi connectivity index (χ2n) is 8.68. The van der Waals surface area contributed by atoms with Crippen molar-refractivity contribution in [2.75, 3.05) is 19.3 Å². The smallest absolute Gasteiger partial charge is 0.255 e. The molecule has 1 N–H and O–H groups in total. The number of nitrogens with one attached hydrogen (secondary N) is 1. The van der Waals surface area contributed by atoms with Crippen LogP contribution in [0.4, 0.5) is 0 Å². The Balaban J connectivity index is 1.61. The summed E-state index contributed by atoms with van der Waals surface area (Å²) in [5.41, 5.74) is 4.21. The van der Waals surface area contributed by atoms with Gasteiger partial charge in [0, 0.05) is 24.0 Å². The summed E-state index contributed by atoms with van der Waals surface area (Å²) in [5.74, 6) is -0.0781. The van der Waals surface area contributed by atoms with E-state index in [1.807, 2.05) is 18.1 Å². The first-order valence-electron chi connectivity index (χ1n) is 11.5. The lowest BCUT2D eigenvalue weighted by molar-refractivity contribution is 0.0789. The van der Waals surface area contributed by atoms with Crippen molar-refractivity contribution in [1.29, 1.82) is 0 Å². The zero-order valence-electron chi connectivity index (χ0n) is 18.9. The van der Waals surface area contributed by atoms with Crippen molar-refractivity contribution >= 4 is 27.7 Å². The van der Waals surface area contributed by atoms with E-state index in [1.165, 1.54) is 35.7 Å². The number of likely N-dealkylation sites (tertiary alicyclic amines) is 1. The van der Waals surface area contributed by atoms with Crippen LogP contribution in [0.5, 0.6) is 0 Å². The topological polar surface area (TPSA) is 66.5 Å². The Morgan fingerprint density at radius 1 is 1.03 bits per heavy atom. The molecular weight excluding hydrogens is 440 g/mol. The minimum Gasteiger partial charge on any atom is -0.339 e. The number of benzene rings is 2. The van der Waals surface area contributed by atoms with Gasteiger partial charge in [0.1, 0.15) is 0 Å². The molecule has 1 unspecified atom stereocenters. The van der Waals surface area contributed by atoms with Gasteiger partial charge in [-0.25, -0.2) is 13.1 Å². The van der Waals surface area contributed by atoms with Crippen LogP contribution in [0.25, 0.3) is 0 Å². The standard InChI is InChI=1S/C25H32N2O3S2/c1-3-23(20-11-10-18-8-4-5-9-19(18)16-20)26-32(29,30)21-12-13-24(31-2)22(17-21)25(28)27-14-6-7-15-27/h10-13,16-17,23,26H,3-9,14-15H2,1-2H3. The fraction of sp³-hybridized carbons (Fsp3) is 0.480. The molecule has 32 heavy (non-hydrogen) atoms. The number of fused-ring (bicyclic) bond motifs is 1. The van der Waals surface area contributed by atoms with Crippen LogP contribution < -0.4 is 4.72 Å². The highest BCUT2D eigenvalue weighted by atomic mass is 32.2. The molecule has 0 spiro atoms. The summed E-state index contributed by atoms with van der Waals surface area (Å²) in [4.78, 5) is 15.8. The number of aryl methyl sites for hydroxylation is 2. The second-order valence-corrected chi connectivity index (χ2v) is 11.2. The third-order valence-corrected chi connectivity index (χ3v) is 8.85. The van der Waals surface area contributed by atoms with Crippen molar-refractivity contribution < 1.29 is 13.2 Å². The number of thioether (sulfide) groups is 1. The van der Waals surface area contributed by atoms with Crippen molar-refractivity contribution in [3.05, 3.63) is 58.7 Å². The first kappa shape index (κ1) is 23.3. The molecule has 2 aromatic carbocycles. The Kier molecular flexibility index (Phi) is 7.27. The molecule has 0 saturated carbocycles. The summed E-state index contributed by atoms with van der Waals surface area (Å²) < 4.78 is 29.5. The monoisotopic (exact) mass is 472 g/mol. The molecule has 0 bridgehead atoms. The molecule has 4 rings (SSSR count). The molecule has 1 amide bonds. The number of sulfonamides is 1. The Morgan fingerprint density at radius 3 is 2.44 bits per heavy atom. The normalized spacial score (nSPS) is 17.2. The SMILES string of the molecule is CCC(NS(=O)(=O)c1ccc(SC)c(C(=O)N2CCCC2)c1)c1ccc2c(c1)CCCC2. The minimum atomic E-state index is -3.78. The van der Waals surface area contributed by atoms with Crippen LogP contribution >= 0.6 is 11.8 Å². The second kappa shape index (κ2) is 9.98. The maximum Gasteiger partial charge on any atom is 0.255 e. The zero-order chi connectivity index (χ0) is 22.7. The number of amides is 1. The quantitative estimate of drug-likeness (QED) is 0.579. The van der Waals surface area contributed by atoms with Gasteiger partial charge in [0.05, 0.1) is 10.5 Å². The zero-order valence-corrected chi connectivity index (χ0v) is 20.5. The van der Waals surface area contributed by atoms with Crippen LogP contribution in [0.1, 0.15) is 72.1 Å². The average molecular weight is 473 g/mol. The summed E-state index contributed by atoms with van der Waals surface area (Å²) in [6.07, 6.45) is 9.14. The van der Waals surface area contributed by atoms with Crippen molar-refractivity contribution in [2.45, 2.75) is 67.7 Å². The average Bonchev–Trinajstić information content (AvgIpc) is 3.36. The van der Waals surface area contributed by atoms with Gasteiger partial charge in [0.2, 0.25) is 10.0 Å². The highest BCUT2D eigenvalue weighted by molar-refractivity contribution is 7.98. The molecule has 2 aliphatic rings. The maximum absolute atomic E-state index is 13.3.